The van der Waals surface area contributed by atoms with Crippen LogP contribution in [0.25, 0.3) is 0 Å². The lowest BCUT2D eigenvalue weighted by Gasteiger charge is -2.28. The van der Waals surface area contributed by atoms with Gasteiger partial charge in [0.15, 0.2) is 5.96 Å². The highest BCUT2D eigenvalue weighted by atomic mass is 16.7. The minimum absolute atomic E-state index is 0.0181. The van der Waals surface area contributed by atoms with Crippen LogP contribution in [0.3, 0.4) is 0 Å². The molecule has 0 fully saturated rings. The Morgan fingerprint density at radius 1 is 1.19 bits per heavy atom. The van der Waals surface area contributed by atoms with Crippen molar-refractivity contribution in [2.75, 3.05) is 13.1 Å². The number of benzene rings is 1. The third-order valence-corrected chi connectivity index (χ3v) is 3.71. The number of nitrogens with zero attached hydrogens (tertiary/aromatic N) is 5. The summed E-state index contributed by atoms with van der Waals surface area (Å²) in [5.74, 6) is -1.32. The number of rotatable bonds is 6. The molecule has 2 heterocycles. The molecular formula is C16H17N7O4. The van der Waals surface area contributed by atoms with Crippen molar-refractivity contribution in [3.63, 3.8) is 0 Å². The van der Waals surface area contributed by atoms with Gasteiger partial charge in [-0.15, -0.1) is 0 Å². The molecule has 11 heteroatoms. The summed E-state index contributed by atoms with van der Waals surface area (Å²) in [6.45, 7) is 0.191. The monoisotopic (exact) mass is 371 g/mol. The van der Waals surface area contributed by atoms with Crippen molar-refractivity contribution in [1.82, 2.24) is 19.7 Å². The highest BCUT2D eigenvalue weighted by Gasteiger charge is 2.41. The molecule has 0 spiro atoms. The number of guanidine groups is 1. The molecule has 27 heavy (non-hydrogen) atoms. The van der Waals surface area contributed by atoms with Crippen LogP contribution < -0.4 is 16.3 Å². The first-order valence-electron chi connectivity index (χ1n) is 8.00. The molecule has 0 aliphatic carbocycles. The van der Waals surface area contributed by atoms with E-state index in [2.05, 4.69) is 9.98 Å². The van der Waals surface area contributed by atoms with Crippen molar-refractivity contribution in [1.29, 1.82) is 0 Å². The largest absolute Gasteiger partial charge is 0.454 e. The highest BCUT2D eigenvalue weighted by molar-refractivity contribution is 6.21. The van der Waals surface area contributed by atoms with E-state index in [4.69, 9.17) is 16.3 Å². The van der Waals surface area contributed by atoms with E-state index in [9.17, 15) is 14.4 Å². The maximum absolute atomic E-state index is 12.7. The summed E-state index contributed by atoms with van der Waals surface area (Å²) in [6, 6.07) is 6.32. The van der Waals surface area contributed by atoms with Crippen molar-refractivity contribution in [3.8, 4) is 0 Å². The standard InChI is InChI=1S/C16H17N7O4/c17-15(18)20-6-3-8-22(16(26)27-21-9-7-19-10-21)23-13(24)11-4-1-2-5-12(11)14(23)25/h1-2,4-5,7,9-10H,3,6,8H2,(H4,17,18,20). The van der Waals surface area contributed by atoms with E-state index in [0.29, 0.717) is 6.42 Å². The first kappa shape index (κ1) is 17.9. The maximum atomic E-state index is 12.7. The molecule has 1 aliphatic heterocycles. The van der Waals surface area contributed by atoms with Gasteiger partial charge >= 0.3 is 6.09 Å². The number of aliphatic imine (C=N–C) groups is 1. The molecule has 0 atom stereocenters. The number of hydrazine groups is 1. The second-order valence-electron chi connectivity index (χ2n) is 5.53. The minimum Gasteiger partial charge on any atom is -0.370 e. The topological polar surface area (TPSA) is 149 Å². The van der Waals surface area contributed by atoms with Gasteiger partial charge in [0.2, 0.25) is 0 Å². The lowest BCUT2D eigenvalue weighted by atomic mass is 10.1. The molecule has 1 aliphatic rings. The van der Waals surface area contributed by atoms with Crippen LogP contribution in [0.4, 0.5) is 4.79 Å². The number of carbonyl (C=O) groups excluding carboxylic acids is 3. The van der Waals surface area contributed by atoms with Gasteiger partial charge < -0.3 is 16.3 Å². The zero-order chi connectivity index (χ0) is 19.4. The zero-order valence-corrected chi connectivity index (χ0v) is 14.2. The quantitative estimate of drug-likeness (QED) is 0.304. The van der Waals surface area contributed by atoms with E-state index in [1.54, 1.807) is 12.1 Å². The summed E-state index contributed by atoms with van der Waals surface area (Å²) >= 11 is 0. The number of imidazole rings is 1. The molecule has 3 rings (SSSR count). The minimum atomic E-state index is -0.924. The summed E-state index contributed by atoms with van der Waals surface area (Å²) in [6.07, 6.45) is 3.45. The van der Waals surface area contributed by atoms with Crippen molar-refractivity contribution in [3.05, 3.63) is 54.1 Å². The Labute approximate surface area is 153 Å². The molecule has 2 aromatic rings. The molecule has 4 N–H and O–H groups in total. The summed E-state index contributed by atoms with van der Waals surface area (Å²) < 4.78 is 1.06. The highest BCUT2D eigenvalue weighted by Crippen LogP contribution is 2.24. The SMILES string of the molecule is NC(N)=NCCCN(C(=O)On1ccnc1)N1C(=O)c2ccccc2C1=O. The van der Waals surface area contributed by atoms with E-state index < -0.39 is 17.9 Å². The Bertz CT molecular complexity index is 855. The summed E-state index contributed by atoms with van der Waals surface area (Å²) in [5, 5.41) is 1.69. The van der Waals surface area contributed by atoms with Crippen molar-refractivity contribution < 1.29 is 19.2 Å². The van der Waals surface area contributed by atoms with Gasteiger partial charge in [0, 0.05) is 19.3 Å². The van der Waals surface area contributed by atoms with Gasteiger partial charge in [0.1, 0.15) is 6.33 Å². The Morgan fingerprint density at radius 3 is 2.41 bits per heavy atom. The van der Waals surface area contributed by atoms with Crippen molar-refractivity contribution in [2.24, 2.45) is 16.5 Å². The van der Waals surface area contributed by atoms with Gasteiger partial charge in [-0.1, -0.05) is 12.1 Å². The summed E-state index contributed by atoms with van der Waals surface area (Å²) in [4.78, 5) is 50.6. The molecular weight excluding hydrogens is 354 g/mol. The molecule has 0 saturated heterocycles. The van der Waals surface area contributed by atoms with Gasteiger partial charge in [0.25, 0.3) is 11.8 Å². The molecule has 0 radical (unpaired) electrons. The van der Waals surface area contributed by atoms with E-state index in [1.807, 2.05) is 0 Å². The Hall–Kier alpha value is -3.89. The zero-order valence-electron chi connectivity index (χ0n) is 14.2. The molecule has 0 bridgehead atoms. The number of amides is 3. The van der Waals surface area contributed by atoms with Crippen molar-refractivity contribution in [2.45, 2.75) is 6.42 Å². The molecule has 0 unspecified atom stereocenters. The number of fused-ring (bicyclic) bond motifs is 1. The fourth-order valence-electron chi connectivity index (χ4n) is 2.54. The third kappa shape index (κ3) is 3.71. The van der Waals surface area contributed by atoms with E-state index in [1.165, 1.54) is 30.9 Å². The second kappa shape index (κ2) is 7.56. The Balaban J connectivity index is 1.83. The predicted octanol–water partition coefficient (Wildman–Crippen LogP) is -0.392. The lowest BCUT2D eigenvalue weighted by molar-refractivity contribution is -0.00463. The summed E-state index contributed by atoms with van der Waals surface area (Å²) in [7, 11) is 0. The third-order valence-electron chi connectivity index (χ3n) is 3.71. The molecule has 1 aromatic carbocycles. The van der Waals surface area contributed by atoms with Gasteiger partial charge in [-0.3, -0.25) is 14.6 Å². The van der Waals surface area contributed by atoms with Gasteiger partial charge in [-0.05, 0) is 18.6 Å². The van der Waals surface area contributed by atoms with E-state index in [0.717, 1.165) is 14.7 Å². The van der Waals surface area contributed by atoms with Crippen LogP contribution in [-0.4, -0.2) is 56.7 Å². The fourth-order valence-corrected chi connectivity index (χ4v) is 2.54. The Kier molecular flexibility index (Phi) is 5.01. The fraction of sp³-hybridized carbons (Fsp3) is 0.188. The van der Waals surface area contributed by atoms with Crippen LogP contribution in [0.2, 0.25) is 0 Å². The maximum Gasteiger partial charge on any atom is 0.454 e. The number of hydrogen-bond acceptors (Lipinski definition) is 6. The normalized spacial score (nSPS) is 12.7. The van der Waals surface area contributed by atoms with Crippen LogP contribution in [0, 0.1) is 0 Å². The Morgan fingerprint density at radius 2 is 1.85 bits per heavy atom. The van der Waals surface area contributed by atoms with Gasteiger partial charge in [-0.25, -0.2) is 14.8 Å². The molecule has 3 amide bonds. The molecule has 11 nitrogen and oxygen atoms in total. The number of aromatic nitrogens is 2. The van der Waals surface area contributed by atoms with E-state index in [-0.39, 0.29) is 30.2 Å². The van der Waals surface area contributed by atoms with Crippen molar-refractivity contribution >= 4 is 23.9 Å². The smallest absolute Gasteiger partial charge is 0.370 e. The van der Waals surface area contributed by atoms with Crippen LogP contribution in [0.1, 0.15) is 27.1 Å². The van der Waals surface area contributed by atoms with Crippen LogP contribution in [0.15, 0.2) is 48.0 Å². The molecule has 1 aromatic heterocycles. The molecule has 0 saturated carbocycles. The molecule has 140 valence electrons. The average molecular weight is 371 g/mol. The number of nitrogens with two attached hydrogens (primary N) is 2. The van der Waals surface area contributed by atoms with Crippen LogP contribution in [0.5, 0.6) is 0 Å². The number of imide groups is 1. The average Bonchev–Trinajstić information content (AvgIpc) is 3.23. The van der Waals surface area contributed by atoms with Gasteiger partial charge in [0.05, 0.1) is 17.3 Å². The van der Waals surface area contributed by atoms with Crippen LogP contribution >= 0.6 is 0 Å². The first-order valence-corrected chi connectivity index (χ1v) is 8.00. The van der Waals surface area contributed by atoms with Gasteiger partial charge in [-0.2, -0.15) is 9.74 Å². The van der Waals surface area contributed by atoms with E-state index >= 15 is 0 Å². The number of carbonyl (C=O) groups is 3. The first-order chi connectivity index (χ1) is 13.0. The second-order valence-corrected chi connectivity index (χ2v) is 5.53. The number of hydrogen-bond donors (Lipinski definition) is 2. The lowest BCUT2D eigenvalue weighted by Crippen LogP contribution is -2.52. The van der Waals surface area contributed by atoms with Crippen LogP contribution in [-0.2, 0) is 0 Å². The predicted molar refractivity (Wildman–Crippen MR) is 93.1 cm³/mol. The summed E-state index contributed by atoms with van der Waals surface area (Å²) in [5.41, 5.74) is 11.0.